The van der Waals surface area contributed by atoms with Gasteiger partial charge in [0.25, 0.3) is 0 Å². The molecule has 0 saturated carbocycles. The molecule has 0 atom stereocenters. The van der Waals surface area contributed by atoms with E-state index in [0.29, 0.717) is 24.4 Å². The van der Waals surface area contributed by atoms with Crippen molar-refractivity contribution in [1.29, 1.82) is 0 Å². The van der Waals surface area contributed by atoms with Gasteiger partial charge in [0, 0.05) is 25.2 Å². The summed E-state index contributed by atoms with van der Waals surface area (Å²) in [6.45, 7) is 9.10. The quantitative estimate of drug-likeness (QED) is 0.769. The Kier molecular flexibility index (Phi) is 4.90. The summed E-state index contributed by atoms with van der Waals surface area (Å²) in [5.41, 5.74) is 1.67. The Morgan fingerprint density at radius 2 is 1.91 bits per heavy atom. The lowest BCUT2D eigenvalue weighted by Crippen LogP contribution is -2.34. The summed E-state index contributed by atoms with van der Waals surface area (Å²) >= 11 is 0. The normalized spacial score (nSPS) is 10.9. The molecule has 0 aliphatic carbocycles. The number of nitrogens with zero attached hydrogens (tertiary/aromatic N) is 2. The maximum Gasteiger partial charge on any atom is 0.355 e. The third-order valence-corrected chi connectivity index (χ3v) is 3.61. The summed E-state index contributed by atoms with van der Waals surface area (Å²) in [5.74, 6) is 0.259. The highest BCUT2D eigenvalue weighted by Gasteiger charge is 2.22. The SMILES string of the molecule is CCOC(=O)c1cc2oc(C)cc2n1CC(=O)N(CC)CC. The van der Waals surface area contributed by atoms with Crippen molar-refractivity contribution < 1.29 is 18.7 Å². The van der Waals surface area contributed by atoms with E-state index in [1.54, 1.807) is 22.5 Å². The Balaban J connectivity index is 2.41. The first kappa shape index (κ1) is 16.1. The van der Waals surface area contributed by atoms with Crippen LogP contribution in [0.15, 0.2) is 16.5 Å². The average Bonchev–Trinajstić information content (AvgIpc) is 2.98. The molecule has 6 heteroatoms. The largest absolute Gasteiger partial charge is 0.461 e. The highest BCUT2D eigenvalue weighted by Crippen LogP contribution is 2.24. The minimum atomic E-state index is -0.445. The van der Waals surface area contributed by atoms with Gasteiger partial charge in [-0.1, -0.05) is 0 Å². The highest BCUT2D eigenvalue weighted by molar-refractivity contribution is 5.95. The number of carbonyl (C=O) groups is 2. The fraction of sp³-hybridized carbons (Fsp3) is 0.500. The van der Waals surface area contributed by atoms with Gasteiger partial charge in [-0.05, 0) is 27.7 Å². The molecule has 0 unspecified atom stereocenters. The Morgan fingerprint density at radius 3 is 2.50 bits per heavy atom. The molecule has 22 heavy (non-hydrogen) atoms. The number of ether oxygens (including phenoxy) is 1. The molecule has 120 valence electrons. The van der Waals surface area contributed by atoms with Crippen LogP contribution in [0.4, 0.5) is 0 Å². The van der Waals surface area contributed by atoms with Gasteiger partial charge in [0.15, 0.2) is 5.58 Å². The summed E-state index contributed by atoms with van der Waals surface area (Å²) in [6.07, 6.45) is 0. The van der Waals surface area contributed by atoms with Crippen molar-refractivity contribution in [2.45, 2.75) is 34.2 Å². The summed E-state index contributed by atoms with van der Waals surface area (Å²) in [6, 6.07) is 3.46. The Labute approximate surface area is 129 Å². The van der Waals surface area contributed by atoms with E-state index in [2.05, 4.69) is 0 Å². The molecule has 0 radical (unpaired) electrons. The zero-order chi connectivity index (χ0) is 16.3. The van der Waals surface area contributed by atoms with Crippen LogP contribution in [-0.2, 0) is 16.1 Å². The van der Waals surface area contributed by atoms with Crippen LogP contribution in [0.5, 0.6) is 0 Å². The lowest BCUT2D eigenvalue weighted by Gasteiger charge is -2.19. The number of carbonyl (C=O) groups excluding carboxylic acids is 2. The van der Waals surface area contributed by atoms with Crippen LogP contribution in [0.2, 0.25) is 0 Å². The number of hydrogen-bond donors (Lipinski definition) is 0. The van der Waals surface area contributed by atoms with Gasteiger partial charge >= 0.3 is 5.97 Å². The fourth-order valence-corrected chi connectivity index (χ4v) is 2.52. The van der Waals surface area contributed by atoms with Gasteiger partial charge in [-0.2, -0.15) is 0 Å². The topological polar surface area (TPSA) is 64.7 Å². The van der Waals surface area contributed by atoms with Crippen molar-refractivity contribution in [3.8, 4) is 0 Å². The number of aryl methyl sites for hydroxylation is 1. The molecular weight excluding hydrogens is 284 g/mol. The van der Waals surface area contributed by atoms with E-state index >= 15 is 0 Å². The molecule has 2 aromatic heterocycles. The zero-order valence-corrected chi connectivity index (χ0v) is 13.5. The van der Waals surface area contributed by atoms with E-state index in [0.717, 1.165) is 11.3 Å². The second-order valence-corrected chi connectivity index (χ2v) is 5.01. The number of likely N-dealkylation sites (N-methyl/N-ethyl adjacent to an activating group) is 1. The molecule has 0 N–H and O–H groups in total. The third-order valence-electron chi connectivity index (χ3n) is 3.61. The number of rotatable bonds is 6. The van der Waals surface area contributed by atoms with Crippen molar-refractivity contribution in [1.82, 2.24) is 9.47 Å². The summed E-state index contributed by atoms with van der Waals surface area (Å²) in [4.78, 5) is 26.2. The predicted octanol–water partition coefficient (Wildman–Crippen LogP) is 2.59. The smallest absolute Gasteiger partial charge is 0.355 e. The number of esters is 1. The van der Waals surface area contributed by atoms with Crippen LogP contribution in [0.25, 0.3) is 11.1 Å². The number of fused-ring (bicyclic) bond motifs is 1. The van der Waals surface area contributed by atoms with Crippen LogP contribution >= 0.6 is 0 Å². The van der Waals surface area contributed by atoms with Crippen molar-refractivity contribution >= 4 is 23.0 Å². The molecule has 0 aliphatic rings. The van der Waals surface area contributed by atoms with Crippen molar-refractivity contribution in [2.75, 3.05) is 19.7 Å². The summed E-state index contributed by atoms with van der Waals surface area (Å²) in [7, 11) is 0. The minimum Gasteiger partial charge on any atom is -0.461 e. The first-order valence-electron chi connectivity index (χ1n) is 7.56. The molecule has 0 aromatic carbocycles. The van der Waals surface area contributed by atoms with E-state index in [1.165, 1.54) is 0 Å². The van der Waals surface area contributed by atoms with Gasteiger partial charge in [0.05, 0.1) is 12.1 Å². The maximum absolute atomic E-state index is 12.4. The average molecular weight is 306 g/mol. The van der Waals surface area contributed by atoms with Crippen molar-refractivity contribution in [2.24, 2.45) is 0 Å². The Hall–Kier alpha value is -2.24. The number of amides is 1. The molecule has 6 nitrogen and oxygen atoms in total. The number of aromatic nitrogens is 1. The predicted molar refractivity (Wildman–Crippen MR) is 82.8 cm³/mol. The molecular formula is C16H22N2O4. The molecule has 0 fully saturated rings. The molecule has 0 bridgehead atoms. The van der Waals surface area contributed by atoms with Crippen LogP contribution in [0.1, 0.15) is 37.0 Å². The van der Waals surface area contributed by atoms with Crippen LogP contribution in [0, 0.1) is 6.92 Å². The van der Waals surface area contributed by atoms with Crippen LogP contribution < -0.4 is 0 Å². The van der Waals surface area contributed by atoms with E-state index < -0.39 is 5.97 Å². The van der Waals surface area contributed by atoms with Crippen molar-refractivity contribution in [3.05, 3.63) is 23.6 Å². The van der Waals surface area contributed by atoms with Gasteiger partial charge in [-0.25, -0.2) is 4.79 Å². The minimum absolute atomic E-state index is 0.0353. The monoisotopic (exact) mass is 306 g/mol. The second-order valence-electron chi connectivity index (χ2n) is 5.01. The van der Waals surface area contributed by atoms with E-state index in [-0.39, 0.29) is 19.1 Å². The fourth-order valence-electron chi connectivity index (χ4n) is 2.52. The van der Waals surface area contributed by atoms with Gasteiger partial charge in [0.2, 0.25) is 5.91 Å². The number of furan rings is 1. The van der Waals surface area contributed by atoms with Crippen molar-refractivity contribution in [3.63, 3.8) is 0 Å². The standard InChI is InChI=1S/C16H22N2O4/c1-5-17(6-2)15(19)10-18-12-8-11(4)22-14(12)9-13(18)16(20)21-7-3/h8-9H,5-7,10H2,1-4H3. The van der Waals surface area contributed by atoms with E-state index in [9.17, 15) is 9.59 Å². The molecule has 0 spiro atoms. The lowest BCUT2D eigenvalue weighted by molar-refractivity contribution is -0.131. The van der Waals surface area contributed by atoms with Gasteiger partial charge in [0.1, 0.15) is 18.0 Å². The summed E-state index contributed by atoms with van der Waals surface area (Å²) < 4.78 is 12.3. The molecule has 0 aliphatic heterocycles. The molecule has 2 aromatic rings. The molecule has 2 rings (SSSR count). The molecule has 2 heterocycles. The second kappa shape index (κ2) is 6.68. The molecule has 0 saturated heterocycles. The third kappa shape index (κ3) is 3.00. The van der Waals surface area contributed by atoms with Gasteiger partial charge in [-0.15, -0.1) is 0 Å². The lowest BCUT2D eigenvalue weighted by atomic mass is 10.4. The molecule has 1 amide bonds. The first-order valence-corrected chi connectivity index (χ1v) is 7.56. The Bertz CT molecular complexity index is 680. The maximum atomic E-state index is 12.4. The van der Waals surface area contributed by atoms with E-state index in [4.69, 9.17) is 9.15 Å². The van der Waals surface area contributed by atoms with Crippen LogP contribution in [-0.4, -0.2) is 41.0 Å². The Morgan fingerprint density at radius 1 is 1.23 bits per heavy atom. The van der Waals surface area contributed by atoms with Crippen LogP contribution in [0.3, 0.4) is 0 Å². The van der Waals surface area contributed by atoms with E-state index in [1.807, 2.05) is 26.8 Å². The summed E-state index contributed by atoms with van der Waals surface area (Å²) in [5, 5.41) is 0. The highest BCUT2D eigenvalue weighted by atomic mass is 16.5. The number of hydrogen-bond acceptors (Lipinski definition) is 4. The van der Waals surface area contributed by atoms with Gasteiger partial charge < -0.3 is 18.6 Å². The van der Waals surface area contributed by atoms with Gasteiger partial charge in [-0.3, -0.25) is 4.79 Å². The first-order chi connectivity index (χ1) is 10.5. The zero-order valence-electron chi connectivity index (χ0n) is 13.5.